The summed E-state index contributed by atoms with van der Waals surface area (Å²) in [6.07, 6.45) is 28.7. The molecule has 0 atom stereocenters. The highest BCUT2D eigenvalue weighted by Crippen LogP contribution is 2.37. The number of carbonyl (C=O) groups is 9. The third-order valence-corrected chi connectivity index (χ3v) is 24.7. The third kappa shape index (κ3) is 40.3. The zero-order valence-electron chi connectivity index (χ0n) is 76.1. The van der Waals surface area contributed by atoms with E-state index in [9.17, 15) is 43.2 Å². The Labute approximate surface area is 800 Å². The minimum Gasteiger partial charge on any atom is -0.494 e. The number of thiazole rings is 3. The lowest BCUT2D eigenvalue weighted by Gasteiger charge is -2.26. The number of ether oxygens (including phenoxy) is 11. The molecule has 9 aromatic rings. The van der Waals surface area contributed by atoms with Crippen LogP contribution in [0.1, 0.15) is 185 Å². The third-order valence-electron chi connectivity index (χ3n) is 21.3. The highest BCUT2D eigenvalue weighted by molar-refractivity contribution is 7.22. The molecule has 0 radical (unpaired) electrons. The molecule has 0 saturated heterocycles. The number of rotatable bonds is 54. The van der Waals surface area contributed by atoms with E-state index in [-0.39, 0.29) is 35.4 Å². The fourth-order valence-corrected chi connectivity index (χ4v) is 16.7. The number of benzene rings is 6. The summed E-state index contributed by atoms with van der Waals surface area (Å²) in [5, 5.41) is 10.7. The first kappa shape index (κ1) is 107. The maximum Gasteiger partial charge on any atom is 0.330 e. The van der Waals surface area contributed by atoms with Crippen molar-refractivity contribution in [1.29, 1.82) is 0 Å². The lowest BCUT2D eigenvalue weighted by Crippen LogP contribution is -2.31. The van der Waals surface area contributed by atoms with Gasteiger partial charge in [-0.15, -0.1) is 11.6 Å². The first-order chi connectivity index (χ1) is 65.3. The predicted molar refractivity (Wildman–Crippen MR) is 526 cm³/mol. The van der Waals surface area contributed by atoms with Crippen LogP contribution in [0, 0.1) is 23.7 Å². The molecule has 3 aromatic heterocycles. The van der Waals surface area contributed by atoms with Crippen molar-refractivity contribution >= 4 is 152 Å². The first-order valence-corrected chi connectivity index (χ1v) is 48.6. The van der Waals surface area contributed by atoms with Gasteiger partial charge in [-0.1, -0.05) is 129 Å². The number of fused-ring (bicyclic) bond motifs is 3. The van der Waals surface area contributed by atoms with E-state index in [1.165, 1.54) is 23.5 Å². The second kappa shape index (κ2) is 62.3. The molecule has 33 heteroatoms. The van der Waals surface area contributed by atoms with Crippen molar-refractivity contribution in [2.24, 2.45) is 40.5 Å². The summed E-state index contributed by atoms with van der Waals surface area (Å²) in [5.41, 5.74) is 5.69. The fraction of sp³-hybridized carbons (Fsp3) is 0.416. The first-order valence-electron chi connectivity index (χ1n) is 45.6. The predicted octanol–water partition coefficient (Wildman–Crippen LogP) is 20.8. The van der Waals surface area contributed by atoms with Gasteiger partial charge in [-0.3, -0.25) is 29.6 Å². The Kier molecular flexibility index (Phi) is 49.8. The molecule has 0 spiro atoms. The Bertz CT molecular complexity index is 5100. The number of hydrogen-bond acceptors (Lipinski definition) is 32. The molecule has 11 rings (SSSR count). The normalized spacial score (nSPS) is 14.2. The molecular weight excluding hydrogens is 1790 g/mol. The fourth-order valence-electron chi connectivity index (χ4n) is 13.9. The van der Waals surface area contributed by atoms with Gasteiger partial charge >= 0.3 is 53.7 Å². The average molecular weight is 1920 g/mol. The molecule has 0 bridgehead atoms. The van der Waals surface area contributed by atoms with Gasteiger partial charge in [0.05, 0.1) is 107 Å². The summed E-state index contributed by atoms with van der Waals surface area (Å²) >= 11 is 10.1. The van der Waals surface area contributed by atoms with E-state index in [2.05, 4.69) is 54.4 Å². The molecule has 6 aromatic carbocycles. The highest BCUT2D eigenvalue weighted by atomic mass is 35.5. The van der Waals surface area contributed by atoms with Crippen molar-refractivity contribution in [2.75, 3.05) is 80.7 Å². The number of esters is 9. The van der Waals surface area contributed by atoms with Gasteiger partial charge in [0.25, 0.3) is 0 Å². The van der Waals surface area contributed by atoms with Crippen LogP contribution in [0.5, 0.6) is 34.5 Å². The van der Waals surface area contributed by atoms with Crippen molar-refractivity contribution in [1.82, 2.24) is 15.0 Å². The summed E-state index contributed by atoms with van der Waals surface area (Å²) < 4.78 is 63.5. The molecule has 29 nitrogen and oxygen atoms in total. The second-order valence-electron chi connectivity index (χ2n) is 31.4. The SMILES string of the molecule is C=CC(=O)OCCCCCCCl.C=CC(=O)OCCCCCCN(N)c1nc2ccccc2s1.C=CC(=O)OCCCCCCOc1ccc(OC(=O)C2CCC(C(=O)Oc3ccc(OC(=O)C4CCC(C(=O)Oc5ccc(OCCCCCCOC(=O)C=C)cc5)CC4)c(/C=N/N(CCCCCCOC(=O)C=C)c4nc5ccccc5s4)c3)CC2)cc1.NNc1nc2ccccc2s1. The molecule has 0 unspecified atom stereocenters. The number of anilines is 3. The van der Waals surface area contributed by atoms with E-state index < -0.39 is 53.5 Å². The number of hydrazone groups is 1. The molecule has 2 fully saturated rings. The van der Waals surface area contributed by atoms with Gasteiger partial charge in [0.1, 0.15) is 34.5 Å². The maximum atomic E-state index is 14.0. The number of hydrogen-bond donors (Lipinski definition) is 3. The smallest absolute Gasteiger partial charge is 0.330 e. The number of nitrogen functional groups attached to an aromatic ring is 1. The molecule has 2 saturated carbocycles. The van der Waals surface area contributed by atoms with Crippen LogP contribution in [0.4, 0.5) is 15.4 Å². The number of alkyl halides is 1. The van der Waals surface area contributed by atoms with Crippen LogP contribution in [-0.4, -0.2) is 140 Å². The topological polar surface area (TPSA) is 377 Å². The van der Waals surface area contributed by atoms with Crippen LogP contribution in [0.25, 0.3) is 30.6 Å². The van der Waals surface area contributed by atoms with E-state index in [4.69, 9.17) is 85.5 Å². The summed E-state index contributed by atoms with van der Waals surface area (Å²) in [5.74, 6) is 9.06. The van der Waals surface area contributed by atoms with Crippen molar-refractivity contribution in [2.45, 2.75) is 180 Å². The van der Waals surface area contributed by atoms with Crippen LogP contribution in [0.2, 0.25) is 0 Å². The molecule has 3 heterocycles. The monoisotopic (exact) mass is 1910 g/mol. The van der Waals surface area contributed by atoms with Gasteiger partial charge in [-0.2, -0.15) is 5.10 Å². The van der Waals surface area contributed by atoms with E-state index >= 15 is 0 Å². The number of nitrogens with two attached hydrogens (primary N) is 2. The molecule has 0 amide bonds. The molecule has 2 aliphatic rings. The quantitative estimate of drug-likeness (QED) is 0.00367. The number of carbonyl (C=O) groups excluding carboxylic acids is 9. The van der Waals surface area contributed by atoms with Crippen molar-refractivity contribution in [3.05, 3.63) is 208 Å². The van der Waals surface area contributed by atoms with Gasteiger partial charge < -0.3 is 52.1 Å². The number of unbranched alkanes of at least 4 members (excludes halogenated alkanes) is 15. The van der Waals surface area contributed by atoms with Gasteiger partial charge in [0, 0.05) is 54.9 Å². The zero-order chi connectivity index (χ0) is 95.7. The number of nitrogens with zero attached hydrogens (tertiary/aromatic N) is 6. The Balaban J connectivity index is 0.000000392. The van der Waals surface area contributed by atoms with Crippen LogP contribution < -0.4 is 55.6 Å². The number of halogens is 1. The molecule has 5 N–H and O–H groups in total. The minimum atomic E-state index is -0.499. The van der Waals surface area contributed by atoms with Crippen LogP contribution in [-0.2, 0) is 66.8 Å². The second-order valence-corrected chi connectivity index (χ2v) is 34.8. The summed E-state index contributed by atoms with van der Waals surface area (Å²) in [6.45, 7) is 21.1. The molecule has 134 heavy (non-hydrogen) atoms. The van der Waals surface area contributed by atoms with Crippen LogP contribution in [0.15, 0.2) is 208 Å². The maximum absolute atomic E-state index is 14.0. The van der Waals surface area contributed by atoms with E-state index in [0.29, 0.717) is 150 Å². The van der Waals surface area contributed by atoms with E-state index in [1.807, 2.05) is 66.7 Å². The van der Waals surface area contributed by atoms with Gasteiger partial charge in [0.15, 0.2) is 5.13 Å². The average Bonchev–Trinajstić information content (AvgIpc) is 1.64. The van der Waals surface area contributed by atoms with Crippen molar-refractivity contribution < 1.29 is 95.3 Å². The molecule has 2 aliphatic carbocycles. The summed E-state index contributed by atoms with van der Waals surface area (Å²) in [4.78, 5) is 123. The Morgan fingerprint density at radius 1 is 0.381 bits per heavy atom. The minimum absolute atomic E-state index is 0.199. The van der Waals surface area contributed by atoms with E-state index in [1.54, 1.807) is 106 Å². The van der Waals surface area contributed by atoms with Gasteiger partial charge in [0.2, 0.25) is 10.3 Å². The van der Waals surface area contributed by atoms with E-state index in [0.717, 1.165) is 188 Å². The molecule has 718 valence electrons. The lowest BCUT2D eigenvalue weighted by atomic mass is 9.82. The van der Waals surface area contributed by atoms with Crippen LogP contribution in [0.3, 0.4) is 0 Å². The largest absolute Gasteiger partial charge is 0.494 e. The number of aromatic nitrogens is 3. The Hall–Kier alpha value is -12.2. The van der Waals surface area contributed by atoms with Gasteiger partial charge in [-0.05, 0) is 257 Å². The van der Waals surface area contributed by atoms with Crippen LogP contribution >= 0.6 is 45.6 Å². The highest BCUT2D eigenvalue weighted by Gasteiger charge is 2.35. The summed E-state index contributed by atoms with van der Waals surface area (Å²) in [7, 11) is 0. The Morgan fingerprint density at radius 2 is 0.701 bits per heavy atom. The number of para-hydroxylation sites is 3. The van der Waals surface area contributed by atoms with Gasteiger partial charge in [-0.25, -0.2) is 55.6 Å². The number of nitrogens with one attached hydrogen (secondary N) is 1. The zero-order valence-corrected chi connectivity index (χ0v) is 79.3. The summed E-state index contributed by atoms with van der Waals surface area (Å²) in [6, 6.07) is 42.3. The Morgan fingerprint density at radius 3 is 1.08 bits per heavy atom. The molecule has 0 aliphatic heterocycles. The molecular formula is C101H124ClN9O20S3. The number of hydrazine groups is 2. The van der Waals surface area contributed by atoms with Crippen molar-refractivity contribution in [3.8, 4) is 34.5 Å². The van der Waals surface area contributed by atoms with Crippen molar-refractivity contribution in [3.63, 3.8) is 0 Å². The lowest BCUT2D eigenvalue weighted by molar-refractivity contribution is -0.145. The standard InChI is InChI=1S/C69H81N3O16S.C16H21N3O2S.C9H15ClO2.C7H7N3S/c1-4-62(73)82-44-18-8-7-15-41-72(69-71-59-21-13-14-22-61(59)89-69)70-48-53-47-58(87-67(78)51-25-23-49(24-26-51)65(76)85-56-35-31-54(32-36-56)80-42-16-9-11-19-45-83-63(74)5-2)39-40-60(53)88-68(79)52-29-27-50(28-30-52)66(77)86-57-37-33-55(34-38-57)81-43-17-10-12-20-46-84-64(75)6-3;1-2-15(20)21-12-8-4-3-7-11-19(17)16-18-13-9-5-6-10-14(13)22-16;1-2-9(11)12-8-6-4-3-5-7-10;8-10-7-9-5-3-1-2-4-6(5)11-7/h4-6,13-14,21-22,31-40,47-52H,1-3,7-12,15-20,23-30,41-46H2;2,5-6,9-10H,1,3-4,7-8,11-12,17H2;2H,1,3-8H2;1-4H,8H2,(H,9,10)/b70-48+;;;.